The lowest BCUT2D eigenvalue weighted by molar-refractivity contribution is 0.645. The summed E-state index contributed by atoms with van der Waals surface area (Å²) in [6, 6.07) is 0.387. The molecule has 0 aromatic carbocycles. The van der Waals surface area contributed by atoms with Crippen molar-refractivity contribution in [2.24, 2.45) is 0 Å². The first kappa shape index (κ1) is 9.50. The number of aryl methyl sites for hydroxylation is 1. The summed E-state index contributed by atoms with van der Waals surface area (Å²) in [5, 5.41) is 14.5. The van der Waals surface area contributed by atoms with Gasteiger partial charge in [-0.2, -0.15) is 5.10 Å². The van der Waals surface area contributed by atoms with Gasteiger partial charge in [0.25, 0.3) is 5.56 Å². The number of nitrogens with zero attached hydrogens (tertiary/aromatic N) is 4. The van der Waals surface area contributed by atoms with Crippen LogP contribution in [0.15, 0.2) is 4.79 Å². The van der Waals surface area contributed by atoms with E-state index in [9.17, 15) is 4.79 Å². The van der Waals surface area contributed by atoms with Crippen LogP contribution < -0.4 is 5.56 Å². The number of H-pyrrole nitrogens is 1. The maximum absolute atomic E-state index is 11.7. The van der Waals surface area contributed by atoms with Gasteiger partial charge in [0.2, 0.25) is 0 Å². The molecule has 6 nitrogen and oxygen atoms in total. The summed E-state index contributed by atoms with van der Waals surface area (Å²) in [4.78, 5) is 11.7. The van der Waals surface area contributed by atoms with Gasteiger partial charge in [-0.3, -0.25) is 9.48 Å². The average molecular weight is 219 g/mol. The summed E-state index contributed by atoms with van der Waals surface area (Å²) in [5.74, 6) is 0. The third-order valence-electron chi connectivity index (χ3n) is 2.85. The Morgan fingerprint density at radius 2 is 2.31 bits per heavy atom. The lowest BCUT2D eigenvalue weighted by Crippen LogP contribution is -2.13. The minimum atomic E-state index is -0.188. The number of nitrogens with one attached hydrogen (secondary N) is 1. The first-order valence-electron chi connectivity index (χ1n) is 5.63. The maximum Gasteiger partial charge on any atom is 0.293 e. The number of hydrogen-bond acceptors (Lipinski definition) is 4. The van der Waals surface area contributed by atoms with E-state index in [4.69, 9.17) is 0 Å². The molecule has 0 amide bonds. The Bertz CT molecular complexity index is 580. The highest BCUT2D eigenvalue weighted by molar-refractivity contribution is 5.76. The van der Waals surface area contributed by atoms with Gasteiger partial charge in [0.05, 0.1) is 11.7 Å². The molecule has 1 saturated carbocycles. The minimum absolute atomic E-state index is 0.188. The van der Waals surface area contributed by atoms with Crippen LogP contribution in [0.5, 0.6) is 0 Å². The van der Waals surface area contributed by atoms with Crippen LogP contribution in [0.2, 0.25) is 0 Å². The van der Waals surface area contributed by atoms with Gasteiger partial charge < -0.3 is 0 Å². The van der Waals surface area contributed by atoms with Crippen LogP contribution >= 0.6 is 0 Å². The van der Waals surface area contributed by atoms with E-state index in [0.29, 0.717) is 17.1 Å². The Morgan fingerprint density at radius 1 is 1.50 bits per heavy atom. The molecular weight excluding hydrogens is 206 g/mol. The molecule has 0 radical (unpaired) electrons. The normalized spacial score (nSPS) is 15.8. The van der Waals surface area contributed by atoms with E-state index >= 15 is 0 Å². The molecule has 0 spiro atoms. The summed E-state index contributed by atoms with van der Waals surface area (Å²) in [5.41, 5.74) is 1.95. The smallest absolute Gasteiger partial charge is 0.265 e. The van der Waals surface area contributed by atoms with Gasteiger partial charge in [0, 0.05) is 0 Å². The molecule has 84 valence electrons. The van der Waals surface area contributed by atoms with E-state index in [1.54, 1.807) is 0 Å². The lowest BCUT2D eigenvalue weighted by Gasteiger charge is -1.96. The average Bonchev–Trinajstić information content (AvgIpc) is 3.04. The van der Waals surface area contributed by atoms with E-state index in [1.165, 1.54) is 0 Å². The Labute approximate surface area is 91.7 Å². The SMILES string of the molecule is CCCc1nn(C2CC2)c2c(=O)[nH]nnc12. The molecule has 3 rings (SSSR count). The third-order valence-corrected chi connectivity index (χ3v) is 2.85. The largest absolute Gasteiger partial charge is 0.293 e. The fraction of sp³-hybridized carbons (Fsp3) is 0.600. The number of rotatable bonds is 3. The molecule has 6 heteroatoms. The molecule has 1 N–H and O–H groups in total. The second kappa shape index (κ2) is 3.40. The topological polar surface area (TPSA) is 76.5 Å². The van der Waals surface area contributed by atoms with Crippen LogP contribution in [0.25, 0.3) is 11.0 Å². The van der Waals surface area contributed by atoms with Crippen molar-refractivity contribution in [3.63, 3.8) is 0 Å². The van der Waals surface area contributed by atoms with E-state index in [0.717, 1.165) is 31.4 Å². The van der Waals surface area contributed by atoms with Crippen molar-refractivity contribution < 1.29 is 0 Å². The van der Waals surface area contributed by atoms with Crippen molar-refractivity contribution in [1.29, 1.82) is 0 Å². The summed E-state index contributed by atoms with van der Waals surface area (Å²) in [6.07, 6.45) is 4.04. The van der Waals surface area contributed by atoms with Crippen molar-refractivity contribution in [2.75, 3.05) is 0 Å². The van der Waals surface area contributed by atoms with E-state index in [2.05, 4.69) is 27.4 Å². The highest BCUT2D eigenvalue weighted by Gasteiger charge is 2.29. The first-order chi connectivity index (χ1) is 7.81. The molecule has 0 saturated heterocycles. The first-order valence-corrected chi connectivity index (χ1v) is 5.63. The molecule has 2 aromatic heterocycles. The van der Waals surface area contributed by atoms with Crippen LogP contribution in [0.4, 0.5) is 0 Å². The summed E-state index contributed by atoms with van der Waals surface area (Å²) >= 11 is 0. The Kier molecular flexibility index (Phi) is 2.02. The quantitative estimate of drug-likeness (QED) is 0.828. The zero-order chi connectivity index (χ0) is 11.1. The van der Waals surface area contributed by atoms with Crippen LogP contribution in [0.3, 0.4) is 0 Å². The van der Waals surface area contributed by atoms with Gasteiger partial charge in [-0.15, -0.1) is 5.10 Å². The lowest BCUT2D eigenvalue weighted by atomic mass is 10.2. The standard InChI is InChI=1S/C10H13N5O/c1-2-3-7-8-9(10(16)12-14-11-8)15(13-7)6-4-5-6/h6H,2-5H2,1H3,(H,11,12,16). The predicted molar refractivity (Wildman–Crippen MR) is 58.2 cm³/mol. The fourth-order valence-electron chi connectivity index (χ4n) is 1.95. The molecule has 16 heavy (non-hydrogen) atoms. The minimum Gasteiger partial charge on any atom is -0.265 e. The molecule has 1 fully saturated rings. The molecule has 2 aromatic rings. The zero-order valence-electron chi connectivity index (χ0n) is 9.10. The highest BCUT2D eigenvalue weighted by atomic mass is 16.1. The van der Waals surface area contributed by atoms with Crippen LogP contribution in [0, 0.1) is 0 Å². The molecule has 1 aliphatic carbocycles. The molecule has 0 aliphatic heterocycles. The van der Waals surface area contributed by atoms with Gasteiger partial charge >= 0.3 is 0 Å². The van der Waals surface area contributed by atoms with Crippen molar-refractivity contribution >= 4 is 11.0 Å². The van der Waals surface area contributed by atoms with Gasteiger partial charge in [-0.1, -0.05) is 18.6 Å². The number of aromatic nitrogens is 5. The summed E-state index contributed by atoms with van der Waals surface area (Å²) < 4.78 is 1.83. The van der Waals surface area contributed by atoms with Crippen molar-refractivity contribution in [1.82, 2.24) is 25.2 Å². The zero-order valence-corrected chi connectivity index (χ0v) is 9.10. The van der Waals surface area contributed by atoms with Crippen molar-refractivity contribution in [3.8, 4) is 0 Å². The third kappa shape index (κ3) is 1.33. The fourth-order valence-corrected chi connectivity index (χ4v) is 1.95. The number of hydrogen-bond donors (Lipinski definition) is 1. The molecular formula is C10H13N5O. The maximum atomic E-state index is 11.7. The molecule has 0 unspecified atom stereocenters. The Hall–Kier alpha value is -1.72. The molecule has 0 bridgehead atoms. The van der Waals surface area contributed by atoms with Crippen LogP contribution in [0.1, 0.15) is 37.9 Å². The molecule has 0 atom stereocenters. The van der Waals surface area contributed by atoms with Crippen molar-refractivity contribution in [2.45, 2.75) is 38.6 Å². The van der Waals surface area contributed by atoms with Crippen molar-refractivity contribution in [3.05, 3.63) is 16.0 Å². The van der Waals surface area contributed by atoms with Crippen LogP contribution in [-0.4, -0.2) is 25.2 Å². The molecule has 2 heterocycles. The van der Waals surface area contributed by atoms with E-state index < -0.39 is 0 Å². The van der Waals surface area contributed by atoms with E-state index in [-0.39, 0.29) is 5.56 Å². The second-order valence-electron chi connectivity index (χ2n) is 4.21. The van der Waals surface area contributed by atoms with Gasteiger partial charge in [-0.05, 0) is 19.3 Å². The number of fused-ring (bicyclic) bond motifs is 1. The predicted octanol–water partition coefficient (Wildman–Crippen LogP) is 0.802. The van der Waals surface area contributed by atoms with E-state index in [1.807, 2.05) is 4.68 Å². The number of aromatic amines is 1. The van der Waals surface area contributed by atoms with Gasteiger partial charge in [0.1, 0.15) is 5.52 Å². The summed E-state index contributed by atoms with van der Waals surface area (Å²) in [7, 11) is 0. The Morgan fingerprint density at radius 3 is 3.00 bits per heavy atom. The Balaban J connectivity index is 2.28. The monoisotopic (exact) mass is 219 g/mol. The van der Waals surface area contributed by atoms with Gasteiger partial charge in [-0.25, -0.2) is 5.10 Å². The van der Waals surface area contributed by atoms with Crippen LogP contribution in [-0.2, 0) is 6.42 Å². The highest BCUT2D eigenvalue weighted by Crippen LogP contribution is 2.36. The van der Waals surface area contributed by atoms with Gasteiger partial charge in [0.15, 0.2) is 5.52 Å². The second-order valence-corrected chi connectivity index (χ2v) is 4.21. The molecule has 1 aliphatic rings. The summed E-state index contributed by atoms with van der Waals surface area (Å²) in [6.45, 7) is 2.09.